The molecule has 26 heavy (non-hydrogen) atoms. The molecule has 1 aromatic heterocycles. The summed E-state index contributed by atoms with van der Waals surface area (Å²) in [6, 6.07) is 8.11. The van der Waals surface area contributed by atoms with Gasteiger partial charge in [-0.05, 0) is 50.3 Å². The molecule has 2 aromatic rings. The van der Waals surface area contributed by atoms with Crippen molar-refractivity contribution in [3.05, 3.63) is 47.3 Å². The van der Waals surface area contributed by atoms with Crippen LogP contribution in [-0.2, 0) is 12.8 Å². The zero-order valence-corrected chi connectivity index (χ0v) is 18.2. The Labute approximate surface area is 173 Å². The van der Waals surface area contributed by atoms with Gasteiger partial charge in [0, 0.05) is 25.3 Å². The first-order valence-electron chi connectivity index (χ1n) is 8.87. The maximum atomic E-state index is 5.39. The first-order valence-corrected chi connectivity index (χ1v) is 8.87. The molecule has 0 saturated heterocycles. The van der Waals surface area contributed by atoms with Crippen molar-refractivity contribution in [2.75, 3.05) is 26.7 Å². The second kappa shape index (κ2) is 12.6. The standard InChI is InChI=1S/C19H29N5O.HI/c1-4-20-19(21-12-7-9-17-14-23-24-15(17)2)22-13-11-16-8-5-6-10-18(16)25-3;/h5-6,8,10,14H,4,7,9,11-13H2,1-3H3,(H,23,24)(H2,20,21,22);1H. The van der Waals surface area contributed by atoms with Gasteiger partial charge < -0.3 is 15.4 Å². The number of halogens is 1. The van der Waals surface area contributed by atoms with Crippen LogP contribution in [0.25, 0.3) is 0 Å². The van der Waals surface area contributed by atoms with Crippen LogP contribution in [-0.4, -0.2) is 42.9 Å². The van der Waals surface area contributed by atoms with Crippen molar-refractivity contribution >= 4 is 29.9 Å². The molecule has 0 bridgehead atoms. The van der Waals surface area contributed by atoms with E-state index in [-0.39, 0.29) is 24.0 Å². The summed E-state index contributed by atoms with van der Waals surface area (Å²) < 4.78 is 5.39. The zero-order valence-electron chi connectivity index (χ0n) is 15.8. The van der Waals surface area contributed by atoms with Crippen LogP contribution in [0.15, 0.2) is 35.5 Å². The molecule has 144 valence electrons. The predicted octanol–water partition coefficient (Wildman–Crippen LogP) is 3.08. The molecule has 2 rings (SSSR count). The highest BCUT2D eigenvalue weighted by molar-refractivity contribution is 14.0. The molecule has 0 spiro atoms. The van der Waals surface area contributed by atoms with E-state index in [2.05, 4.69) is 45.7 Å². The molecule has 3 N–H and O–H groups in total. The van der Waals surface area contributed by atoms with E-state index in [0.717, 1.165) is 56.3 Å². The van der Waals surface area contributed by atoms with Crippen LogP contribution in [0.4, 0.5) is 0 Å². The van der Waals surface area contributed by atoms with Gasteiger partial charge in [-0.2, -0.15) is 5.10 Å². The third-order valence-electron chi connectivity index (χ3n) is 4.03. The quantitative estimate of drug-likeness (QED) is 0.228. The fourth-order valence-electron chi connectivity index (χ4n) is 2.65. The van der Waals surface area contributed by atoms with E-state index >= 15 is 0 Å². The molecule has 0 aliphatic carbocycles. The number of ether oxygens (including phenoxy) is 1. The topological polar surface area (TPSA) is 74.3 Å². The van der Waals surface area contributed by atoms with Crippen LogP contribution in [0.5, 0.6) is 5.75 Å². The molecule has 1 aromatic carbocycles. The van der Waals surface area contributed by atoms with Gasteiger partial charge in [0.1, 0.15) is 5.75 Å². The van der Waals surface area contributed by atoms with Crippen molar-refractivity contribution in [3.8, 4) is 5.75 Å². The molecule has 0 radical (unpaired) electrons. The number of hydrogen-bond acceptors (Lipinski definition) is 3. The molecule has 0 amide bonds. The monoisotopic (exact) mass is 471 g/mol. The molecule has 0 aliphatic heterocycles. The van der Waals surface area contributed by atoms with E-state index < -0.39 is 0 Å². The molecule has 0 fully saturated rings. The zero-order chi connectivity index (χ0) is 17.9. The maximum absolute atomic E-state index is 5.39. The lowest BCUT2D eigenvalue weighted by atomic mass is 10.1. The minimum absolute atomic E-state index is 0. The molecular formula is C19H30IN5O. The van der Waals surface area contributed by atoms with E-state index in [4.69, 9.17) is 4.74 Å². The fourth-order valence-corrected chi connectivity index (χ4v) is 2.65. The molecule has 6 nitrogen and oxygen atoms in total. The Morgan fingerprint density at radius 1 is 1.19 bits per heavy atom. The number of H-pyrrole nitrogens is 1. The Morgan fingerprint density at radius 2 is 2.00 bits per heavy atom. The lowest BCUT2D eigenvalue weighted by molar-refractivity contribution is 0.409. The SMILES string of the molecule is CCNC(=NCCCc1cn[nH]c1C)NCCc1ccccc1OC.I. The van der Waals surface area contributed by atoms with Gasteiger partial charge in [-0.25, -0.2) is 0 Å². The number of hydrogen-bond donors (Lipinski definition) is 3. The van der Waals surface area contributed by atoms with Gasteiger partial charge in [-0.15, -0.1) is 24.0 Å². The van der Waals surface area contributed by atoms with Crippen molar-refractivity contribution in [2.45, 2.75) is 33.1 Å². The van der Waals surface area contributed by atoms with Crippen molar-refractivity contribution < 1.29 is 4.74 Å². The Bertz CT molecular complexity index is 671. The summed E-state index contributed by atoms with van der Waals surface area (Å²) in [4.78, 5) is 4.65. The van der Waals surface area contributed by atoms with Crippen LogP contribution in [0.3, 0.4) is 0 Å². The summed E-state index contributed by atoms with van der Waals surface area (Å²) in [5.41, 5.74) is 3.61. The number of methoxy groups -OCH3 is 1. The Kier molecular flexibility index (Phi) is 10.8. The van der Waals surface area contributed by atoms with Gasteiger partial charge >= 0.3 is 0 Å². The van der Waals surface area contributed by atoms with Crippen LogP contribution in [0.2, 0.25) is 0 Å². The summed E-state index contributed by atoms with van der Waals surface area (Å²) in [5, 5.41) is 13.7. The Hall–Kier alpha value is -1.77. The number of nitrogens with zero attached hydrogens (tertiary/aromatic N) is 2. The van der Waals surface area contributed by atoms with Crippen LogP contribution in [0.1, 0.15) is 30.2 Å². The van der Waals surface area contributed by atoms with E-state index in [0.29, 0.717) is 0 Å². The van der Waals surface area contributed by atoms with Crippen molar-refractivity contribution in [3.63, 3.8) is 0 Å². The number of guanidine groups is 1. The first-order chi connectivity index (χ1) is 12.2. The average molecular weight is 471 g/mol. The van der Waals surface area contributed by atoms with Gasteiger partial charge in [0.25, 0.3) is 0 Å². The summed E-state index contributed by atoms with van der Waals surface area (Å²) in [6.07, 6.45) is 4.79. The van der Waals surface area contributed by atoms with Crippen molar-refractivity contribution in [2.24, 2.45) is 4.99 Å². The molecule has 0 aliphatic rings. The summed E-state index contributed by atoms with van der Waals surface area (Å²) in [5.74, 6) is 1.79. The average Bonchev–Trinajstić information content (AvgIpc) is 3.04. The normalized spacial score (nSPS) is 11.0. The molecule has 1 heterocycles. The second-order valence-corrected chi connectivity index (χ2v) is 5.87. The third kappa shape index (κ3) is 7.23. The largest absolute Gasteiger partial charge is 0.496 e. The second-order valence-electron chi connectivity index (χ2n) is 5.87. The Balaban J connectivity index is 0.00000338. The minimum Gasteiger partial charge on any atom is -0.496 e. The lowest BCUT2D eigenvalue weighted by Gasteiger charge is -2.12. The highest BCUT2D eigenvalue weighted by Gasteiger charge is 2.03. The van der Waals surface area contributed by atoms with Gasteiger partial charge in [-0.1, -0.05) is 18.2 Å². The van der Waals surface area contributed by atoms with Crippen LogP contribution < -0.4 is 15.4 Å². The minimum atomic E-state index is 0. The van der Waals surface area contributed by atoms with Gasteiger partial charge in [0.2, 0.25) is 0 Å². The van der Waals surface area contributed by atoms with E-state index in [9.17, 15) is 0 Å². The Morgan fingerprint density at radius 3 is 2.69 bits per heavy atom. The molecule has 0 saturated carbocycles. The summed E-state index contributed by atoms with van der Waals surface area (Å²) in [7, 11) is 1.71. The number of rotatable bonds is 9. The number of aromatic nitrogens is 2. The number of aliphatic imine (C=N–C) groups is 1. The van der Waals surface area contributed by atoms with Gasteiger partial charge in [-0.3, -0.25) is 10.1 Å². The number of nitrogens with one attached hydrogen (secondary N) is 3. The predicted molar refractivity (Wildman–Crippen MR) is 118 cm³/mol. The maximum Gasteiger partial charge on any atom is 0.191 e. The lowest BCUT2D eigenvalue weighted by Crippen LogP contribution is -2.38. The van der Waals surface area contributed by atoms with Crippen LogP contribution in [0, 0.1) is 6.92 Å². The number of para-hydroxylation sites is 1. The van der Waals surface area contributed by atoms with Crippen LogP contribution >= 0.6 is 24.0 Å². The van der Waals surface area contributed by atoms with Gasteiger partial charge in [0.05, 0.1) is 13.3 Å². The number of benzene rings is 1. The number of aryl methyl sites for hydroxylation is 2. The van der Waals surface area contributed by atoms with Gasteiger partial charge in [0.15, 0.2) is 5.96 Å². The van der Waals surface area contributed by atoms with Crippen molar-refractivity contribution in [1.29, 1.82) is 0 Å². The highest BCUT2D eigenvalue weighted by atomic mass is 127. The van der Waals surface area contributed by atoms with E-state index in [1.165, 1.54) is 11.1 Å². The first kappa shape index (κ1) is 22.3. The summed E-state index contributed by atoms with van der Waals surface area (Å²) >= 11 is 0. The smallest absolute Gasteiger partial charge is 0.191 e. The summed E-state index contributed by atoms with van der Waals surface area (Å²) in [6.45, 7) is 6.57. The highest BCUT2D eigenvalue weighted by Crippen LogP contribution is 2.17. The fraction of sp³-hybridized carbons (Fsp3) is 0.474. The molecule has 0 atom stereocenters. The number of aromatic amines is 1. The molecule has 7 heteroatoms. The van der Waals surface area contributed by atoms with E-state index in [1.54, 1.807) is 7.11 Å². The third-order valence-corrected chi connectivity index (χ3v) is 4.03. The molecule has 0 unspecified atom stereocenters. The van der Waals surface area contributed by atoms with Crippen molar-refractivity contribution in [1.82, 2.24) is 20.8 Å². The molecular weight excluding hydrogens is 441 g/mol. The van der Waals surface area contributed by atoms with E-state index in [1.807, 2.05) is 24.4 Å².